The van der Waals surface area contributed by atoms with Crippen molar-refractivity contribution in [3.05, 3.63) is 65.2 Å². The Morgan fingerprint density at radius 3 is 2.77 bits per heavy atom. The average Bonchev–Trinajstić information content (AvgIpc) is 3.23. The first-order chi connectivity index (χ1) is 12.6. The molecule has 134 valence electrons. The Morgan fingerprint density at radius 1 is 1.23 bits per heavy atom. The van der Waals surface area contributed by atoms with Gasteiger partial charge in [0.25, 0.3) is 0 Å². The fraction of sp³-hybridized carbons (Fsp3) is 0.409. The standard InChI is InChI=1S/C22H24N2O2/c1-26-20-4-2-3-19(11-20)22(25)10-9-18-14-24(15-21(18)22)13-17-7-5-16(12-23)6-8-17/h2-8,11,18,21,25H,9-10,13-15H2,1H3/t18-,21-,22-/m0/s1. The summed E-state index contributed by atoms with van der Waals surface area (Å²) in [7, 11) is 1.66. The highest BCUT2D eigenvalue weighted by atomic mass is 16.5. The quantitative estimate of drug-likeness (QED) is 0.921. The van der Waals surface area contributed by atoms with E-state index in [4.69, 9.17) is 10.00 Å². The van der Waals surface area contributed by atoms with Crippen LogP contribution >= 0.6 is 0 Å². The van der Waals surface area contributed by atoms with Gasteiger partial charge in [0, 0.05) is 25.6 Å². The molecule has 2 aromatic carbocycles. The largest absolute Gasteiger partial charge is 0.497 e. The molecule has 0 radical (unpaired) electrons. The normalized spacial score (nSPS) is 27.9. The number of nitrogens with zero attached hydrogens (tertiary/aromatic N) is 2. The molecule has 4 rings (SSSR count). The molecule has 0 aromatic heterocycles. The van der Waals surface area contributed by atoms with E-state index in [1.165, 1.54) is 5.56 Å². The lowest BCUT2D eigenvalue weighted by Crippen LogP contribution is -2.34. The van der Waals surface area contributed by atoms with Crippen molar-refractivity contribution in [2.75, 3.05) is 20.2 Å². The van der Waals surface area contributed by atoms with Crippen LogP contribution in [0.5, 0.6) is 5.75 Å². The number of methoxy groups -OCH3 is 1. The number of aliphatic hydroxyl groups is 1. The zero-order valence-electron chi connectivity index (χ0n) is 15.1. The van der Waals surface area contributed by atoms with Crippen molar-refractivity contribution in [2.45, 2.75) is 25.0 Å². The number of hydrogen-bond acceptors (Lipinski definition) is 4. The Balaban J connectivity index is 1.50. The SMILES string of the molecule is COc1cccc([C@@]2(O)CC[C@H]3CN(Cc4ccc(C#N)cc4)C[C@@H]32)c1. The Bertz CT molecular complexity index is 827. The smallest absolute Gasteiger partial charge is 0.119 e. The van der Waals surface area contributed by atoms with Gasteiger partial charge in [0.05, 0.1) is 24.3 Å². The first-order valence-corrected chi connectivity index (χ1v) is 9.20. The summed E-state index contributed by atoms with van der Waals surface area (Å²) in [6, 6.07) is 17.8. The summed E-state index contributed by atoms with van der Waals surface area (Å²) in [6.45, 7) is 2.79. The van der Waals surface area contributed by atoms with Crippen molar-refractivity contribution in [2.24, 2.45) is 11.8 Å². The van der Waals surface area contributed by atoms with Gasteiger partial charge >= 0.3 is 0 Å². The molecule has 1 aliphatic carbocycles. The van der Waals surface area contributed by atoms with E-state index >= 15 is 0 Å². The van der Waals surface area contributed by atoms with Crippen LogP contribution in [0.15, 0.2) is 48.5 Å². The Hall–Kier alpha value is -2.35. The van der Waals surface area contributed by atoms with Crippen molar-refractivity contribution in [1.82, 2.24) is 4.90 Å². The highest BCUT2D eigenvalue weighted by Crippen LogP contribution is 2.51. The zero-order chi connectivity index (χ0) is 18.1. The molecular weight excluding hydrogens is 324 g/mol. The van der Waals surface area contributed by atoms with Gasteiger partial charge in [-0.2, -0.15) is 5.26 Å². The average molecular weight is 348 g/mol. The van der Waals surface area contributed by atoms with Crippen LogP contribution in [0.3, 0.4) is 0 Å². The number of hydrogen-bond donors (Lipinski definition) is 1. The van der Waals surface area contributed by atoms with Crippen molar-refractivity contribution < 1.29 is 9.84 Å². The Labute approximate surface area is 154 Å². The zero-order valence-corrected chi connectivity index (χ0v) is 15.1. The third-order valence-corrected chi connectivity index (χ3v) is 6.09. The highest BCUT2D eigenvalue weighted by molar-refractivity contribution is 5.35. The summed E-state index contributed by atoms with van der Waals surface area (Å²) in [6.07, 6.45) is 1.88. The maximum absolute atomic E-state index is 11.5. The van der Waals surface area contributed by atoms with Gasteiger partial charge < -0.3 is 9.84 Å². The molecule has 1 saturated carbocycles. The van der Waals surface area contributed by atoms with E-state index in [1.807, 2.05) is 48.5 Å². The van der Waals surface area contributed by atoms with Crippen molar-refractivity contribution in [3.8, 4) is 11.8 Å². The monoisotopic (exact) mass is 348 g/mol. The molecule has 4 heteroatoms. The van der Waals surface area contributed by atoms with Gasteiger partial charge in [-0.15, -0.1) is 0 Å². The van der Waals surface area contributed by atoms with Crippen LogP contribution in [-0.4, -0.2) is 30.2 Å². The number of rotatable bonds is 4. The van der Waals surface area contributed by atoms with E-state index in [2.05, 4.69) is 11.0 Å². The second kappa shape index (κ2) is 6.75. The predicted molar refractivity (Wildman–Crippen MR) is 99.5 cm³/mol. The summed E-state index contributed by atoms with van der Waals surface area (Å²) in [5.41, 5.74) is 2.12. The van der Waals surface area contributed by atoms with Crippen LogP contribution in [-0.2, 0) is 12.1 Å². The minimum absolute atomic E-state index is 0.257. The number of benzene rings is 2. The van der Waals surface area contributed by atoms with Gasteiger partial charge in [-0.25, -0.2) is 0 Å². The van der Waals surface area contributed by atoms with Gasteiger partial charge in [0.1, 0.15) is 5.75 Å². The number of nitriles is 1. The summed E-state index contributed by atoms with van der Waals surface area (Å²) in [5.74, 6) is 1.59. The molecule has 1 aliphatic heterocycles. The molecule has 0 amide bonds. The van der Waals surface area contributed by atoms with E-state index in [0.717, 1.165) is 43.8 Å². The molecule has 0 spiro atoms. The Kier molecular flexibility index (Phi) is 4.44. The fourth-order valence-corrected chi connectivity index (χ4v) is 4.71. The predicted octanol–water partition coefficient (Wildman–Crippen LogP) is 3.30. The van der Waals surface area contributed by atoms with E-state index in [1.54, 1.807) is 7.11 Å². The number of ether oxygens (including phenoxy) is 1. The molecular formula is C22H24N2O2. The van der Waals surface area contributed by atoms with Crippen LogP contribution in [0.4, 0.5) is 0 Å². The van der Waals surface area contributed by atoms with Crippen LogP contribution < -0.4 is 4.74 Å². The minimum Gasteiger partial charge on any atom is -0.497 e. The second-order valence-corrected chi connectivity index (χ2v) is 7.56. The number of likely N-dealkylation sites (tertiary alicyclic amines) is 1. The number of fused-ring (bicyclic) bond motifs is 1. The van der Waals surface area contributed by atoms with Crippen molar-refractivity contribution >= 4 is 0 Å². The van der Waals surface area contributed by atoms with E-state index in [9.17, 15) is 5.11 Å². The van der Waals surface area contributed by atoms with Crippen LogP contribution in [0, 0.1) is 23.2 Å². The Morgan fingerprint density at radius 2 is 2.04 bits per heavy atom. The van der Waals surface area contributed by atoms with Crippen LogP contribution in [0.1, 0.15) is 29.5 Å². The highest BCUT2D eigenvalue weighted by Gasteiger charge is 2.52. The maximum atomic E-state index is 11.5. The maximum Gasteiger partial charge on any atom is 0.119 e. The fourth-order valence-electron chi connectivity index (χ4n) is 4.71. The molecule has 1 saturated heterocycles. The minimum atomic E-state index is -0.765. The van der Waals surface area contributed by atoms with Gasteiger partial charge in [-0.1, -0.05) is 24.3 Å². The van der Waals surface area contributed by atoms with E-state index < -0.39 is 5.60 Å². The molecule has 0 bridgehead atoms. The van der Waals surface area contributed by atoms with Gasteiger partial charge in [0.15, 0.2) is 0 Å². The lowest BCUT2D eigenvalue weighted by molar-refractivity contribution is -0.00699. The molecule has 0 unspecified atom stereocenters. The molecule has 2 aromatic rings. The van der Waals surface area contributed by atoms with Gasteiger partial charge in [-0.05, 0) is 54.2 Å². The molecule has 1 heterocycles. The second-order valence-electron chi connectivity index (χ2n) is 7.56. The van der Waals surface area contributed by atoms with E-state index in [0.29, 0.717) is 11.5 Å². The molecule has 2 aliphatic rings. The van der Waals surface area contributed by atoms with E-state index in [-0.39, 0.29) is 5.92 Å². The van der Waals surface area contributed by atoms with Crippen molar-refractivity contribution in [3.63, 3.8) is 0 Å². The third kappa shape index (κ3) is 2.98. The topological polar surface area (TPSA) is 56.5 Å². The molecule has 26 heavy (non-hydrogen) atoms. The lowest BCUT2D eigenvalue weighted by Gasteiger charge is -2.31. The molecule has 4 nitrogen and oxygen atoms in total. The first-order valence-electron chi connectivity index (χ1n) is 9.20. The van der Waals surface area contributed by atoms with Crippen LogP contribution in [0.2, 0.25) is 0 Å². The summed E-state index contributed by atoms with van der Waals surface area (Å²) >= 11 is 0. The summed E-state index contributed by atoms with van der Waals surface area (Å²) in [4.78, 5) is 2.43. The molecule has 3 atom stereocenters. The lowest BCUT2D eigenvalue weighted by atomic mass is 9.82. The summed E-state index contributed by atoms with van der Waals surface area (Å²) < 4.78 is 5.35. The van der Waals surface area contributed by atoms with Gasteiger partial charge in [0.2, 0.25) is 0 Å². The van der Waals surface area contributed by atoms with Gasteiger partial charge in [-0.3, -0.25) is 4.90 Å². The van der Waals surface area contributed by atoms with Crippen LogP contribution in [0.25, 0.3) is 0 Å². The molecule has 1 N–H and O–H groups in total. The van der Waals surface area contributed by atoms with Crippen molar-refractivity contribution in [1.29, 1.82) is 5.26 Å². The molecule has 2 fully saturated rings. The summed E-state index contributed by atoms with van der Waals surface area (Å²) in [5, 5.41) is 20.4. The third-order valence-electron chi connectivity index (χ3n) is 6.09. The first kappa shape index (κ1) is 17.1.